The fourth-order valence-electron chi connectivity index (χ4n) is 1.83. The van der Waals surface area contributed by atoms with Crippen LogP contribution in [0.25, 0.3) is 11.0 Å². The Bertz CT molecular complexity index is 613. The van der Waals surface area contributed by atoms with E-state index in [0.29, 0.717) is 0 Å². The molecule has 0 bridgehead atoms. The minimum atomic E-state index is 0.771. The topological polar surface area (TPSA) is 41.8 Å². The summed E-state index contributed by atoms with van der Waals surface area (Å²) in [5.74, 6) is 0. The van der Waals surface area contributed by atoms with Crippen molar-refractivity contribution >= 4 is 26.9 Å². The highest BCUT2D eigenvalue weighted by molar-refractivity contribution is 9.10. The molecule has 0 amide bonds. The lowest BCUT2D eigenvalue weighted by molar-refractivity contribution is 0.612. The number of benzene rings is 1. The molecule has 3 aromatic rings. The average Bonchev–Trinajstić information content (AvgIpc) is 2.87. The van der Waals surface area contributed by atoms with Crippen LogP contribution in [-0.4, -0.2) is 9.97 Å². The number of imidazole rings is 1. The van der Waals surface area contributed by atoms with Gasteiger partial charge < -0.3 is 9.40 Å². The molecule has 0 unspecified atom stereocenters. The van der Waals surface area contributed by atoms with Crippen molar-refractivity contribution in [1.29, 1.82) is 0 Å². The molecule has 0 aliphatic rings. The predicted octanol–water partition coefficient (Wildman–Crippen LogP) is 3.51. The van der Waals surface area contributed by atoms with Crippen molar-refractivity contribution in [1.82, 2.24) is 9.97 Å². The molecule has 16 heavy (non-hydrogen) atoms. The molecule has 2 heterocycles. The molecule has 80 valence electrons. The zero-order chi connectivity index (χ0) is 11.0. The van der Waals surface area contributed by atoms with Crippen molar-refractivity contribution in [3.05, 3.63) is 52.7 Å². The number of aromatic nitrogens is 2. The van der Waals surface area contributed by atoms with Crippen LogP contribution >= 0.6 is 15.9 Å². The van der Waals surface area contributed by atoms with Gasteiger partial charge in [0.1, 0.15) is 5.58 Å². The van der Waals surface area contributed by atoms with Gasteiger partial charge in [-0.05, 0) is 18.2 Å². The second-order valence-electron chi connectivity index (χ2n) is 3.64. The van der Waals surface area contributed by atoms with E-state index in [1.807, 2.05) is 18.3 Å². The molecule has 0 aliphatic carbocycles. The van der Waals surface area contributed by atoms with Crippen LogP contribution in [-0.2, 0) is 6.42 Å². The van der Waals surface area contributed by atoms with Crippen LogP contribution in [0.5, 0.6) is 0 Å². The minimum Gasteiger partial charge on any atom is -0.464 e. The summed E-state index contributed by atoms with van der Waals surface area (Å²) in [5, 5.41) is 1.11. The zero-order valence-corrected chi connectivity index (χ0v) is 9.99. The maximum Gasteiger partial charge on any atom is 0.137 e. The van der Waals surface area contributed by atoms with Crippen LogP contribution in [0.1, 0.15) is 11.3 Å². The van der Waals surface area contributed by atoms with Gasteiger partial charge >= 0.3 is 0 Å². The second kappa shape index (κ2) is 3.79. The first-order valence-corrected chi connectivity index (χ1v) is 5.75. The third kappa shape index (κ3) is 1.65. The molecule has 0 saturated carbocycles. The lowest BCUT2D eigenvalue weighted by Gasteiger charge is -2.01. The average molecular weight is 277 g/mol. The van der Waals surface area contributed by atoms with Gasteiger partial charge in [0.25, 0.3) is 0 Å². The summed E-state index contributed by atoms with van der Waals surface area (Å²) in [6.45, 7) is 0. The SMILES string of the molecule is Brc1cc(Cc2c[nH]cn2)c2occc2c1. The Morgan fingerprint density at radius 3 is 3.12 bits per heavy atom. The Labute approximate surface area is 101 Å². The molecule has 0 fully saturated rings. The van der Waals surface area contributed by atoms with Crippen molar-refractivity contribution in [3.8, 4) is 0 Å². The molecule has 3 rings (SSSR count). The summed E-state index contributed by atoms with van der Waals surface area (Å²) in [6, 6.07) is 6.08. The molecule has 1 N–H and O–H groups in total. The summed E-state index contributed by atoms with van der Waals surface area (Å²) >= 11 is 3.50. The molecule has 0 saturated heterocycles. The highest BCUT2D eigenvalue weighted by Crippen LogP contribution is 2.26. The van der Waals surface area contributed by atoms with Gasteiger partial charge in [0.15, 0.2) is 0 Å². The molecule has 4 heteroatoms. The van der Waals surface area contributed by atoms with Crippen molar-refractivity contribution in [2.24, 2.45) is 0 Å². The van der Waals surface area contributed by atoms with Crippen molar-refractivity contribution in [2.45, 2.75) is 6.42 Å². The number of H-pyrrole nitrogens is 1. The second-order valence-corrected chi connectivity index (χ2v) is 4.56. The molecule has 1 aromatic carbocycles. The fraction of sp³-hybridized carbons (Fsp3) is 0.0833. The van der Waals surface area contributed by atoms with Crippen LogP contribution in [0.4, 0.5) is 0 Å². The molecule has 0 atom stereocenters. The minimum absolute atomic E-state index is 0.771. The standard InChI is InChI=1S/C12H9BrN2O/c13-10-3-8-1-2-16-12(8)9(4-10)5-11-6-14-7-15-11/h1-4,6-7H,5H2,(H,14,15). The summed E-state index contributed by atoms with van der Waals surface area (Å²) in [7, 11) is 0. The van der Waals surface area contributed by atoms with Crippen molar-refractivity contribution < 1.29 is 4.42 Å². The maximum atomic E-state index is 5.49. The largest absolute Gasteiger partial charge is 0.464 e. The van der Waals surface area contributed by atoms with Crippen molar-refractivity contribution in [2.75, 3.05) is 0 Å². The lowest BCUT2D eigenvalue weighted by atomic mass is 10.1. The number of rotatable bonds is 2. The Morgan fingerprint density at radius 1 is 1.38 bits per heavy atom. The van der Waals surface area contributed by atoms with E-state index < -0.39 is 0 Å². The Balaban J connectivity index is 2.11. The quantitative estimate of drug-likeness (QED) is 0.778. The molecule has 2 aromatic heterocycles. The smallest absolute Gasteiger partial charge is 0.137 e. The summed E-state index contributed by atoms with van der Waals surface area (Å²) in [4.78, 5) is 7.17. The number of aromatic amines is 1. The van der Waals surface area contributed by atoms with Crippen LogP contribution in [0, 0.1) is 0 Å². The zero-order valence-electron chi connectivity index (χ0n) is 8.40. The maximum absolute atomic E-state index is 5.49. The van der Waals surface area contributed by atoms with E-state index in [0.717, 1.165) is 33.1 Å². The molecule has 0 spiro atoms. The van der Waals surface area contributed by atoms with Crippen LogP contribution in [0.15, 0.2) is 45.9 Å². The number of hydrogen-bond acceptors (Lipinski definition) is 2. The van der Waals surface area contributed by atoms with Gasteiger partial charge in [-0.1, -0.05) is 15.9 Å². The number of furan rings is 1. The Kier molecular flexibility index (Phi) is 2.29. The third-order valence-electron chi connectivity index (χ3n) is 2.52. The molecule has 0 radical (unpaired) electrons. The van der Waals surface area contributed by atoms with E-state index in [1.165, 1.54) is 0 Å². The molecule has 3 nitrogen and oxygen atoms in total. The van der Waals surface area contributed by atoms with Crippen LogP contribution in [0.3, 0.4) is 0 Å². The lowest BCUT2D eigenvalue weighted by Crippen LogP contribution is -1.89. The van der Waals surface area contributed by atoms with E-state index >= 15 is 0 Å². The van der Waals surface area contributed by atoms with E-state index in [9.17, 15) is 0 Å². The van der Waals surface area contributed by atoms with Crippen LogP contribution < -0.4 is 0 Å². The highest BCUT2D eigenvalue weighted by atomic mass is 79.9. The normalized spacial score (nSPS) is 11.1. The van der Waals surface area contributed by atoms with Crippen molar-refractivity contribution in [3.63, 3.8) is 0 Å². The number of nitrogens with one attached hydrogen (secondary N) is 1. The number of nitrogens with zero attached hydrogens (tertiary/aromatic N) is 1. The van der Waals surface area contributed by atoms with E-state index in [4.69, 9.17) is 4.42 Å². The number of halogens is 1. The number of hydrogen-bond donors (Lipinski definition) is 1. The monoisotopic (exact) mass is 276 g/mol. The first-order valence-electron chi connectivity index (χ1n) is 4.96. The first kappa shape index (κ1) is 9.66. The molecular weight excluding hydrogens is 268 g/mol. The van der Waals surface area contributed by atoms with Gasteiger partial charge in [-0.3, -0.25) is 0 Å². The van der Waals surface area contributed by atoms with Gasteiger partial charge in [-0.25, -0.2) is 4.98 Å². The Hall–Kier alpha value is -1.55. The van der Waals surface area contributed by atoms with E-state index in [1.54, 1.807) is 12.6 Å². The first-order chi connectivity index (χ1) is 7.83. The molecular formula is C12H9BrN2O. The molecule has 0 aliphatic heterocycles. The van der Waals surface area contributed by atoms with Gasteiger partial charge in [0.05, 0.1) is 18.3 Å². The summed E-state index contributed by atoms with van der Waals surface area (Å²) in [5.41, 5.74) is 3.09. The Morgan fingerprint density at radius 2 is 2.31 bits per heavy atom. The predicted molar refractivity (Wildman–Crippen MR) is 65.3 cm³/mol. The van der Waals surface area contributed by atoms with Gasteiger partial charge in [0.2, 0.25) is 0 Å². The fourth-order valence-corrected chi connectivity index (χ4v) is 2.35. The van der Waals surface area contributed by atoms with Gasteiger partial charge in [-0.2, -0.15) is 0 Å². The van der Waals surface area contributed by atoms with Gasteiger partial charge in [0, 0.05) is 28.0 Å². The van der Waals surface area contributed by atoms with Crippen LogP contribution in [0.2, 0.25) is 0 Å². The number of fused-ring (bicyclic) bond motifs is 1. The van der Waals surface area contributed by atoms with E-state index in [2.05, 4.69) is 32.0 Å². The third-order valence-corrected chi connectivity index (χ3v) is 2.98. The van der Waals surface area contributed by atoms with Gasteiger partial charge in [-0.15, -0.1) is 0 Å². The summed E-state index contributed by atoms with van der Waals surface area (Å²) < 4.78 is 6.56. The summed E-state index contributed by atoms with van der Waals surface area (Å²) in [6.07, 6.45) is 6.07. The highest BCUT2D eigenvalue weighted by Gasteiger charge is 2.07. The van der Waals surface area contributed by atoms with E-state index in [-0.39, 0.29) is 0 Å².